The Morgan fingerprint density at radius 1 is 1.16 bits per heavy atom. The number of fused-ring (bicyclic) bond motifs is 3. The van der Waals surface area contributed by atoms with Gasteiger partial charge in [0.05, 0.1) is 5.41 Å². The first-order chi connectivity index (χ1) is 14.7. The Labute approximate surface area is 184 Å². The Kier molecular flexibility index (Phi) is 4.54. The van der Waals surface area contributed by atoms with E-state index in [9.17, 15) is 14.4 Å². The van der Waals surface area contributed by atoms with Crippen LogP contribution in [0.1, 0.15) is 72.1 Å². The van der Waals surface area contributed by atoms with Crippen LogP contribution in [0.3, 0.4) is 0 Å². The molecule has 5 aliphatic rings. The van der Waals surface area contributed by atoms with Gasteiger partial charge < -0.3 is 4.84 Å². The van der Waals surface area contributed by atoms with Crippen molar-refractivity contribution < 1.29 is 19.2 Å². The topological polar surface area (TPSA) is 63.7 Å². The van der Waals surface area contributed by atoms with Gasteiger partial charge in [-0.2, -0.15) is 0 Å². The molecular weight excluding hydrogens is 390 g/mol. The molecule has 5 heteroatoms. The van der Waals surface area contributed by atoms with Crippen LogP contribution in [0.2, 0.25) is 0 Å². The van der Waals surface area contributed by atoms with Crippen LogP contribution in [0.5, 0.6) is 0 Å². The average Bonchev–Trinajstić information content (AvgIpc) is 3.18. The van der Waals surface area contributed by atoms with Crippen molar-refractivity contribution in [1.82, 2.24) is 5.06 Å². The third-order valence-electron chi connectivity index (χ3n) is 9.28. The van der Waals surface area contributed by atoms with Crippen molar-refractivity contribution in [2.75, 3.05) is 13.6 Å². The molecule has 0 radical (unpaired) electrons. The van der Waals surface area contributed by atoms with Crippen LogP contribution >= 0.6 is 0 Å². The monoisotopic (exact) mass is 423 g/mol. The van der Waals surface area contributed by atoms with Crippen molar-refractivity contribution in [1.29, 1.82) is 0 Å². The second kappa shape index (κ2) is 6.74. The normalized spacial score (nSPS) is 38.9. The fraction of sp³-hybridized carbons (Fsp3) is 0.654. The molecule has 5 nitrogen and oxygen atoms in total. The number of allylic oxidation sites excluding steroid dienone is 4. The van der Waals surface area contributed by atoms with Crippen molar-refractivity contribution in [3.05, 3.63) is 34.4 Å². The van der Waals surface area contributed by atoms with Crippen LogP contribution in [0.15, 0.2) is 34.4 Å². The van der Waals surface area contributed by atoms with Crippen LogP contribution in [-0.2, 0) is 19.2 Å². The van der Waals surface area contributed by atoms with E-state index in [-0.39, 0.29) is 22.6 Å². The SMILES string of the molecule is CCN(C)OC(=O)[C@@H]1C=C2CC(=O)CCC2(C)C2=C1C1=CC[C@@]3(C)CCC(=O)C13CC2. The molecule has 0 saturated heterocycles. The molecule has 0 aromatic carbocycles. The number of carbonyl (C=O) groups is 3. The number of nitrogens with zero attached hydrogens (tertiary/aromatic N) is 1. The van der Waals surface area contributed by atoms with Gasteiger partial charge in [-0.05, 0) is 55.6 Å². The highest BCUT2D eigenvalue weighted by molar-refractivity contribution is 5.96. The molecule has 0 heterocycles. The molecule has 0 aliphatic heterocycles. The summed E-state index contributed by atoms with van der Waals surface area (Å²) < 4.78 is 0. The van der Waals surface area contributed by atoms with Crippen LogP contribution in [-0.4, -0.2) is 36.2 Å². The molecule has 2 unspecified atom stereocenters. The van der Waals surface area contributed by atoms with E-state index in [1.54, 1.807) is 12.1 Å². The average molecular weight is 424 g/mol. The molecule has 2 fully saturated rings. The van der Waals surface area contributed by atoms with Crippen LogP contribution in [0, 0.1) is 22.2 Å². The van der Waals surface area contributed by atoms with Gasteiger partial charge in [-0.3, -0.25) is 9.59 Å². The lowest BCUT2D eigenvalue weighted by Gasteiger charge is -2.51. The highest BCUT2D eigenvalue weighted by atomic mass is 16.7. The zero-order valence-electron chi connectivity index (χ0n) is 19.2. The minimum Gasteiger partial charge on any atom is -0.367 e. The predicted octanol–water partition coefficient (Wildman–Crippen LogP) is 4.49. The highest BCUT2D eigenvalue weighted by Gasteiger charge is 2.65. The van der Waals surface area contributed by atoms with Gasteiger partial charge in [0.25, 0.3) is 0 Å². The van der Waals surface area contributed by atoms with Gasteiger partial charge in [-0.15, -0.1) is 5.06 Å². The smallest absolute Gasteiger partial charge is 0.336 e. The second-order valence-corrected chi connectivity index (χ2v) is 10.7. The maximum absolute atomic E-state index is 13.4. The molecule has 166 valence electrons. The largest absolute Gasteiger partial charge is 0.367 e. The van der Waals surface area contributed by atoms with Crippen LogP contribution in [0.4, 0.5) is 0 Å². The maximum atomic E-state index is 13.4. The summed E-state index contributed by atoms with van der Waals surface area (Å²) in [4.78, 5) is 44.7. The molecule has 0 aromatic heterocycles. The van der Waals surface area contributed by atoms with Crippen LogP contribution in [0.25, 0.3) is 0 Å². The third kappa shape index (κ3) is 2.62. The van der Waals surface area contributed by atoms with E-state index in [0.717, 1.165) is 48.8 Å². The van der Waals surface area contributed by atoms with Gasteiger partial charge in [0.2, 0.25) is 0 Å². The molecule has 0 bridgehead atoms. The number of rotatable bonds is 3. The molecular formula is C26H33NO4. The van der Waals surface area contributed by atoms with Crippen molar-refractivity contribution in [3.63, 3.8) is 0 Å². The standard InChI is InChI=1S/C26H33NO4/c1-5-27(4)31-23(30)18-15-16-14-17(28)6-12-25(16,3)19-8-13-26-20(22(18)19)7-10-24(26,2)11-9-21(26)29/h7,15,18H,5-6,8-14H2,1-4H3/t18-,24+,25?,26?/m1/s1. The van der Waals surface area contributed by atoms with E-state index in [0.29, 0.717) is 31.6 Å². The fourth-order valence-corrected chi connectivity index (χ4v) is 7.24. The first kappa shape index (κ1) is 20.9. The second-order valence-electron chi connectivity index (χ2n) is 10.7. The minimum atomic E-state index is -0.544. The van der Waals surface area contributed by atoms with Gasteiger partial charge in [-0.25, -0.2) is 4.79 Å². The van der Waals surface area contributed by atoms with Gasteiger partial charge >= 0.3 is 5.97 Å². The van der Waals surface area contributed by atoms with E-state index in [1.165, 1.54) is 5.57 Å². The maximum Gasteiger partial charge on any atom is 0.336 e. The Bertz CT molecular complexity index is 987. The highest BCUT2D eigenvalue weighted by Crippen LogP contribution is 2.70. The predicted molar refractivity (Wildman–Crippen MR) is 117 cm³/mol. The first-order valence-electron chi connectivity index (χ1n) is 11.8. The molecule has 5 aliphatic carbocycles. The number of hydrogen-bond donors (Lipinski definition) is 0. The minimum absolute atomic E-state index is 0.0416. The Hall–Kier alpha value is -2.01. The molecule has 4 atom stereocenters. The van der Waals surface area contributed by atoms with Crippen LogP contribution < -0.4 is 0 Å². The summed E-state index contributed by atoms with van der Waals surface area (Å²) in [5.74, 6) is -0.253. The number of hydrogen-bond acceptors (Lipinski definition) is 5. The summed E-state index contributed by atoms with van der Waals surface area (Å²) in [6, 6.07) is 0. The lowest BCUT2D eigenvalue weighted by Crippen LogP contribution is -2.46. The Morgan fingerprint density at radius 2 is 1.94 bits per heavy atom. The van der Waals surface area contributed by atoms with Gasteiger partial charge in [0, 0.05) is 38.3 Å². The summed E-state index contributed by atoms with van der Waals surface area (Å²) in [6.45, 7) is 7.03. The molecule has 0 N–H and O–H groups in total. The van der Waals surface area contributed by atoms with Gasteiger partial charge in [0.1, 0.15) is 17.5 Å². The number of ketones is 2. The zero-order valence-corrected chi connectivity index (χ0v) is 19.2. The summed E-state index contributed by atoms with van der Waals surface area (Å²) in [7, 11) is 1.76. The summed E-state index contributed by atoms with van der Waals surface area (Å²) >= 11 is 0. The lowest BCUT2D eigenvalue weighted by atomic mass is 9.51. The lowest BCUT2D eigenvalue weighted by molar-refractivity contribution is -0.185. The Balaban J connectivity index is 1.66. The number of Topliss-reactive ketones (excluding diaryl/α,β-unsaturated/α-hetero) is 2. The quantitative estimate of drug-likeness (QED) is 0.494. The van der Waals surface area contributed by atoms with E-state index >= 15 is 0 Å². The van der Waals surface area contributed by atoms with E-state index in [1.807, 2.05) is 13.0 Å². The van der Waals surface area contributed by atoms with Gasteiger partial charge in [0.15, 0.2) is 0 Å². The molecule has 1 spiro atoms. The number of hydroxylamine groups is 2. The van der Waals surface area contributed by atoms with Crippen molar-refractivity contribution in [3.8, 4) is 0 Å². The molecule has 5 rings (SSSR count). The van der Waals surface area contributed by atoms with Crippen molar-refractivity contribution >= 4 is 17.5 Å². The summed E-state index contributed by atoms with van der Waals surface area (Å²) in [5.41, 5.74) is 3.80. The van der Waals surface area contributed by atoms with Gasteiger partial charge in [-0.1, -0.05) is 37.1 Å². The molecule has 0 amide bonds. The molecule has 0 aromatic rings. The summed E-state index contributed by atoms with van der Waals surface area (Å²) in [5, 5.41) is 1.55. The zero-order chi connectivity index (χ0) is 22.2. The third-order valence-corrected chi connectivity index (χ3v) is 9.28. The molecule has 31 heavy (non-hydrogen) atoms. The molecule has 2 saturated carbocycles. The Morgan fingerprint density at radius 3 is 2.68 bits per heavy atom. The van der Waals surface area contributed by atoms with E-state index in [4.69, 9.17) is 4.84 Å². The number of carbonyl (C=O) groups excluding carboxylic acids is 3. The van der Waals surface area contributed by atoms with E-state index in [2.05, 4.69) is 19.9 Å². The first-order valence-corrected chi connectivity index (χ1v) is 11.8. The fourth-order valence-electron chi connectivity index (χ4n) is 7.24. The van der Waals surface area contributed by atoms with Crippen molar-refractivity contribution in [2.24, 2.45) is 22.2 Å². The van der Waals surface area contributed by atoms with E-state index < -0.39 is 11.3 Å². The summed E-state index contributed by atoms with van der Waals surface area (Å²) in [6.07, 6.45) is 10.2. The van der Waals surface area contributed by atoms with Crippen molar-refractivity contribution in [2.45, 2.75) is 72.1 Å².